The molecule has 7 aliphatic rings. The molecule has 3 aliphatic heterocycles. The van der Waals surface area contributed by atoms with Gasteiger partial charge in [-0.25, -0.2) is 0 Å². The third-order valence-electron chi connectivity index (χ3n) is 14.4. The van der Waals surface area contributed by atoms with Crippen LogP contribution in [0.1, 0.15) is 104 Å². The Balaban J connectivity index is 1.11. The second-order valence-corrected chi connectivity index (χ2v) is 17.5. The molecule has 6 fully saturated rings. The predicted molar refractivity (Wildman–Crippen MR) is 169 cm³/mol. The van der Waals surface area contributed by atoms with Gasteiger partial charge in [0, 0.05) is 33.3 Å². The van der Waals surface area contributed by atoms with E-state index in [-0.39, 0.29) is 47.0 Å². The van der Waals surface area contributed by atoms with Crippen molar-refractivity contribution >= 4 is 10.9 Å². The van der Waals surface area contributed by atoms with Crippen LogP contribution >= 0.6 is 0 Å². The standard InChI is InChI=1S/C38H51NO5/c1-20(2)12-13-21-10-9-11-25-27(21)23-18-22-14-17-37(40)35(7,36(22,8)29(23)39-25)16-15-26-38(37)31(43-38)28-30(41-26)34(5,6)44-32(42-28)24-19-33(24,3)4/h9-12,22,24,26,28,30-32,39-40H,13-19H2,1-8H3/t22-,24?,26-,28+,30-,31+,32-,35+,36+,37-,38-/m0/s1. The van der Waals surface area contributed by atoms with E-state index in [1.165, 1.54) is 33.3 Å². The topological polar surface area (TPSA) is 76.2 Å². The number of epoxide rings is 1. The molecular weight excluding hydrogens is 550 g/mol. The number of fused-ring (bicyclic) bond motifs is 9. The van der Waals surface area contributed by atoms with Gasteiger partial charge in [0.25, 0.3) is 0 Å². The minimum absolute atomic E-state index is 0.161. The van der Waals surface area contributed by atoms with Gasteiger partial charge >= 0.3 is 0 Å². The normalized spacial score (nSPS) is 48.7. The molecule has 1 aromatic heterocycles. The van der Waals surface area contributed by atoms with Crippen molar-refractivity contribution in [2.45, 2.75) is 153 Å². The average Bonchev–Trinajstić information content (AvgIpc) is 3.78. The second-order valence-electron chi connectivity index (χ2n) is 17.5. The number of H-pyrrole nitrogens is 1. The molecule has 4 heterocycles. The van der Waals surface area contributed by atoms with Gasteiger partial charge < -0.3 is 29.0 Å². The zero-order chi connectivity index (χ0) is 30.8. The zero-order valence-corrected chi connectivity index (χ0v) is 27.9. The van der Waals surface area contributed by atoms with Crippen LogP contribution in [0, 0.1) is 22.7 Å². The average molecular weight is 602 g/mol. The van der Waals surface area contributed by atoms with Gasteiger partial charge in [-0.15, -0.1) is 0 Å². The summed E-state index contributed by atoms with van der Waals surface area (Å²) in [5, 5.41) is 14.7. The van der Waals surface area contributed by atoms with Crippen molar-refractivity contribution in [1.29, 1.82) is 0 Å². The van der Waals surface area contributed by atoms with Crippen LogP contribution in [0.3, 0.4) is 0 Å². The van der Waals surface area contributed by atoms with E-state index in [9.17, 15) is 5.11 Å². The molecule has 3 saturated heterocycles. The summed E-state index contributed by atoms with van der Waals surface area (Å²) in [6.07, 6.45) is 7.91. The molecule has 4 aliphatic carbocycles. The van der Waals surface area contributed by atoms with Crippen molar-refractivity contribution in [3.8, 4) is 0 Å². The Labute approximate surface area is 262 Å². The molecule has 2 aromatic rings. The predicted octanol–water partition coefficient (Wildman–Crippen LogP) is 6.90. The molecular formula is C38H51NO5. The lowest BCUT2D eigenvalue weighted by Gasteiger charge is -2.66. The summed E-state index contributed by atoms with van der Waals surface area (Å²) in [5.41, 5.74) is 4.22. The monoisotopic (exact) mass is 601 g/mol. The smallest absolute Gasteiger partial charge is 0.162 e. The lowest BCUT2D eigenvalue weighted by molar-refractivity contribution is -0.359. The van der Waals surface area contributed by atoms with Crippen molar-refractivity contribution in [3.63, 3.8) is 0 Å². The van der Waals surface area contributed by atoms with Gasteiger partial charge in [-0.05, 0) is 101 Å². The fraction of sp³-hybridized carbons (Fsp3) is 0.737. The number of rotatable bonds is 3. The summed E-state index contributed by atoms with van der Waals surface area (Å²) >= 11 is 0. The van der Waals surface area contributed by atoms with Gasteiger partial charge in [0.15, 0.2) is 11.9 Å². The number of aliphatic hydroxyl groups is 1. The molecule has 0 bridgehead atoms. The molecule has 6 heteroatoms. The number of ether oxygens (including phenoxy) is 4. The summed E-state index contributed by atoms with van der Waals surface area (Å²) < 4.78 is 27.3. The first-order valence-corrected chi connectivity index (χ1v) is 17.3. The maximum Gasteiger partial charge on any atom is 0.162 e. The van der Waals surface area contributed by atoms with E-state index in [0.29, 0.717) is 11.8 Å². The van der Waals surface area contributed by atoms with Crippen molar-refractivity contribution in [2.24, 2.45) is 22.7 Å². The molecule has 1 aromatic carbocycles. The lowest BCUT2D eigenvalue weighted by Crippen LogP contribution is -2.77. The van der Waals surface area contributed by atoms with Gasteiger partial charge in [-0.3, -0.25) is 0 Å². The highest BCUT2D eigenvalue weighted by Crippen LogP contribution is 2.75. The van der Waals surface area contributed by atoms with Crippen LogP contribution in [0.5, 0.6) is 0 Å². The van der Waals surface area contributed by atoms with E-state index < -0.39 is 16.8 Å². The van der Waals surface area contributed by atoms with Gasteiger partial charge in [0.2, 0.25) is 0 Å². The summed E-state index contributed by atoms with van der Waals surface area (Å²) in [7, 11) is 0. The Morgan fingerprint density at radius 3 is 2.50 bits per heavy atom. The molecule has 0 radical (unpaired) electrons. The molecule has 0 amide bonds. The Hall–Kier alpha value is -1.70. The number of nitrogens with one attached hydrogen (secondary N) is 1. The number of aromatic amines is 1. The highest BCUT2D eigenvalue weighted by atomic mass is 16.8. The van der Waals surface area contributed by atoms with Crippen LogP contribution in [-0.2, 0) is 37.2 Å². The van der Waals surface area contributed by atoms with Gasteiger partial charge in [-0.1, -0.05) is 51.5 Å². The maximum absolute atomic E-state index is 13.3. The number of hydrogen-bond acceptors (Lipinski definition) is 5. The summed E-state index contributed by atoms with van der Waals surface area (Å²) in [6, 6.07) is 6.73. The highest BCUT2D eigenvalue weighted by Gasteiger charge is 2.87. The molecule has 1 unspecified atom stereocenters. The third kappa shape index (κ3) is 3.21. The first-order valence-electron chi connectivity index (χ1n) is 17.3. The Morgan fingerprint density at radius 1 is 1.00 bits per heavy atom. The van der Waals surface area contributed by atoms with Crippen LogP contribution in [0.15, 0.2) is 29.8 Å². The third-order valence-corrected chi connectivity index (χ3v) is 14.4. The quantitative estimate of drug-likeness (QED) is 0.296. The van der Waals surface area contributed by atoms with Crippen LogP contribution < -0.4 is 0 Å². The first-order chi connectivity index (χ1) is 20.7. The molecule has 44 heavy (non-hydrogen) atoms. The van der Waals surface area contributed by atoms with E-state index in [2.05, 4.69) is 84.6 Å². The number of benzene rings is 1. The van der Waals surface area contributed by atoms with Gasteiger partial charge in [0.1, 0.15) is 23.9 Å². The number of aromatic nitrogens is 1. The largest absolute Gasteiger partial charge is 0.386 e. The maximum atomic E-state index is 13.3. The van der Waals surface area contributed by atoms with Crippen molar-refractivity contribution in [2.75, 3.05) is 0 Å². The van der Waals surface area contributed by atoms with Gasteiger partial charge in [0.05, 0.1) is 11.7 Å². The Bertz CT molecular complexity index is 1600. The van der Waals surface area contributed by atoms with E-state index in [1.807, 2.05) is 0 Å². The van der Waals surface area contributed by atoms with E-state index in [4.69, 9.17) is 18.9 Å². The van der Waals surface area contributed by atoms with Crippen molar-refractivity contribution in [1.82, 2.24) is 4.98 Å². The Morgan fingerprint density at radius 2 is 1.77 bits per heavy atom. The minimum Gasteiger partial charge on any atom is -0.386 e. The molecule has 9 rings (SSSR count). The van der Waals surface area contributed by atoms with Crippen LogP contribution in [0.4, 0.5) is 0 Å². The van der Waals surface area contributed by atoms with Crippen LogP contribution in [0.25, 0.3) is 10.9 Å². The number of hydrogen-bond donors (Lipinski definition) is 2. The fourth-order valence-electron chi connectivity index (χ4n) is 11.4. The summed E-state index contributed by atoms with van der Waals surface area (Å²) in [4.78, 5) is 3.96. The minimum atomic E-state index is -1.02. The molecule has 3 saturated carbocycles. The highest BCUT2D eigenvalue weighted by molar-refractivity contribution is 5.89. The lowest BCUT2D eigenvalue weighted by atomic mass is 9.40. The number of allylic oxidation sites excluding steroid dienone is 2. The SMILES string of the molecule is CC(C)=CCc1cccc2[nH]c3c(c12)C[C@@H]1CC[C@@]2(O)[C@@]45O[C@@H]4[C@@H]4O[C@H](C6CC6(C)C)OC(C)(C)[C@H]4O[C@H]5CC[C@]2(C)[C@@]31C. The molecule has 238 valence electrons. The molecule has 2 N–H and O–H groups in total. The van der Waals surface area contributed by atoms with Gasteiger partial charge in [-0.2, -0.15) is 0 Å². The first kappa shape index (κ1) is 28.5. The van der Waals surface area contributed by atoms with E-state index in [1.54, 1.807) is 0 Å². The molecule has 6 nitrogen and oxygen atoms in total. The van der Waals surface area contributed by atoms with Crippen molar-refractivity contribution < 1.29 is 24.1 Å². The zero-order valence-electron chi connectivity index (χ0n) is 27.9. The summed E-state index contributed by atoms with van der Waals surface area (Å²) in [5.74, 6) is 0.863. The Kier molecular flexibility index (Phi) is 5.45. The second kappa shape index (κ2) is 8.41. The van der Waals surface area contributed by atoms with Crippen LogP contribution in [0.2, 0.25) is 0 Å². The fourth-order valence-corrected chi connectivity index (χ4v) is 11.4. The van der Waals surface area contributed by atoms with Crippen LogP contribution in [-0.4, -0.2) is 57.6 Å². The van der Waals surface area contributed by atoms with E-state index in [0.717, 1.165) is 44.9 Å². The van der Waals surface area contributed by atoms with E-state index >= 15 is 0 Å². The molecule has 1 spiro atoms. The molecule has 11 atom stereocenters. The summed E-state index contributed by atoms with van der Waals surface area (Å²) in [6.45, 7) is 18.1. The van der Waals surface area contributed by atoms with Crippen molar-refractivity contribution in [3.05, 3.63) is 46.7 Å².